The number of nitriles is 1. The predicted molar refractivity (Wildman–Crippen MR) is 110 cm³/mol. The molecular formula is C22H16ClN3O2. The molecule has 5 nitrogen and oxygen atoms in total. The second-order valence-electron chi connectivity index (χ2n) is 6.15. The Morgan fingerprint density at radius 1 is 0.857 bits per heavy atom. The fraction of sp³-hybridized carbons (Fsp3) is 0.0455. The summed E-state index contributed by atoms with van der Waals surface area (Å²) in [5.74, 6) is -0.718. The molecule has 0 radical (unpaired) electrons. The van der Waals surface area contributed by atoms with Crippen LogP contribution < -0.4 is 10.6 Å². The molecule has 3 aromatic rings. The molecule has 0 fully saturated rings. The lowest BCUT2D eigenvalue weighted by Gasteiger charge is -2.09. The van der Waals surface area contributed by atoms with Gasteiger partial charge < -0.3 is 10.6 Å². The maximum atomic E-state index is 12.5. The minimum absolute atomic E-state index is 0.331. The van der Waals surface area contributed by atoms with Crippen molar-refractivity contribution in [1.29, 1.82) is 5.26 Å². The molecule has 0 heterocycles. The summed E-state index contributed by atoms with van der Waals surface area (Å²) in [5.41, 5.74) is 3.12. The molecule has 0 aliphatic heterocycles. The van der Waals surface area contributed by atoms with Gasteiger partial charge in [0.1, 0.15) is 0 Å². The zero-order valence-corrected chi connectivity index (χ0v) is 15.7. The van der Waals surface area contributed by atoms with Crippen LogP contribution in [-0.2, 0) is 0 Å². The Morgan fingerprint density at radius 3 is 2.07 bits per heavy atom. The van der Waals surface area contributed by atoms with E-state index in [4.69, 9.17) is 16.9 Å². The first-order valence-corrected chi connectivity index (χ1v) is 8.83. The first-order valence-electron chi connectivity index (χ1n) is 8.45. The van der Waals surface area contributed by atoms with Gasteiger partial charge >= 0.3 is 0 Å². The van der Waals surface area contributed by atoms with Crippen LogP contribution >= 0.6 is 11.6 Å². The third-order valence-electron chi connectivity index (χ3n) is 4.07. The number of aryl methyl sites for hydroxylation is 1. The van der Waals surface area contributed by atoms with Gasteiger partial charge in [-0.1, -0.05) is 29.8 Å². The molecule has 28 heavy (non-hydrogen) atoms. The second kappa shape index (κ2) is 8.38. The van der Waals surface area contributed by atoms with E-state index in [-0.39, 0.29) is 11.8 Å². The molecular weight excluding hydrogens is 374 g/mol. The van der Waals surface area contributed by atoms with E-state index >= 15 is 0 Å². The largest absolute Gasteiger partial charge is 0.322 e. The summed E-state index contributed by atoms with van der Waals surface area (Å²) in [6.45, 7) is 1.88. The van der Waals surface area contributed by atoms with E-state index in [0.717, 1.165) is 5.56 Å². The number of amides is 2. The molecule has 2 N–H and O–H groups in total. The monoisotopic (exact) mass is 389 g/mol. The van der Waals surface area contributed by atoms with E-state index in [1.807, 2.05) is 19.1 Å². The normalized spacial score (nSPS) is 10.0. The smallest absolute Gasteiger partial charge is 0.255 e. The van der Waals surface area contributed by atoms with Crippen molar-refractivity contribution in [2.45, 2.75) is 6.92 Å². The molecule has 0 aliphatic carbocycles. The summed E-state index contributed by atoms with van der Waals surface area (Å²) < 4.78 is 0. The summed E-state index contributed by atoms with van der Waals surface area (Å²) in [7, 11) is 0. The average molecular weight is 390 g/mol. The van der Waals surface area contributed by atoms with E-state index in [2.05, 4.69) is 10.6 Å². The minimum atomic E-state index is -0.372. The van der Waals surface area contributed by atoms with Gasteiger partial charge in [0, 0.05) is 27.5 Å². The third kappa shape index (κ3) is 4.56. The average Bonchev–Trinajstić information content (AvgIpc) is 2.71. The highest BCUT2D eigenvalue weighted by atomic mass is 35.5. The van der Waals surface area contributed by atoms with E-state index in [1.165, 1.54) is 6.07 Å². The molecule has 2 amide bonds. The number of carbonyl (C=O) groups excluding carboxylic acids is 2. The van der Waals surface area contributed by atoms with Gasteiger partial charge in [0.2, 0.25) is 0 Å². The standard InChI is InChI=1S/C22H16ClN3O2/c1-14-8-9-19(12-20(14)23)26-22(28)17-6-3-5-16(11-17)21(27)25-18-7-2-4-15(10-18)13-24/h2-12H,1H3,(H,25,27)(H,26,28). The Balaban J connectivity index is 1.75. The fourth-order valence-electron chi connectivity index (χ4n) is 2.55. The molecule has 6 heteroatoms. The van der Waals surface area contributed by atoms with Crippen molar-refractivity contribution < 1.29 is 9.59 Å². The van der Waals surface area contributed by atoms with E-state index < -0.39 is 0 Å². The number of nitrogens with one attached hydrogen (secondary N) is 2. The Labute approximate surface area is 167 Å². The molecule has 3 rings (SSSR count). The topological polar surface area (TPSA) is 82.0 Å². The number of rotatable bonds is 4. The molecule has 0 atom stereocenters. The van der Waals surface area contributed by atoms with Gasteiger partial charge in [-0.05, 0) is 61.0 Å². The van der Waals surface area contributed by atoms with Gasteiger partial charge in [0.15, 0.2) is 0 Å². The van der Waals surface area contributed by atoms with E-state index in [1.54, 1.807) is 54.6 Å². The molecule has 0 saturated carbocycles. The van der Waals surface area contributed by atoms with Crippen molar-refractivity contribution in [3.05, 3.63) is 94.0 Å². The van der Waals surface area contributed by atoms with Crippen LogP contribution in [0.1, 0.15) is 31.8 Å². The van der Waals surface area contributed by atoms with Crippen molar-refractivity contribution in [1.82, 2.24) is 0 Å². The van der Waals surface area contributed by atoms with Crippen molar-refractivity contribution >= 4 is 34.8 Å². The van der Waals surface area contributed by atoms with Gasteiger partial charge in [0.25, 0.3) is 11.8 Å². The maximum absolute atomic E-state index is 12.5. The Kier molecular flexibility index (Phi) is 5.73. The van der Waals surface area contributed by atoms with Crippen LogP contribution in [-0.4, -0.2) is 11.8 Å². The number of halogens is 1. The highest BCUT2D eigenvalue weighted by Crippen LogP contribution is 2.21. The number of carbonyl (C=O) groups is 2. The second-order valence-corrected chi connectivity index (χ2v) is 6.55. The van der Waals surface area contributed by atoms with Crippen LogP contribution in [0.25, 0.3) is 0 Å². The molecule has 0 aromatic heterocycles. The molecule has 0 bridgehead atoms. The van der Waals surface area contributed by atoms with Crippen molar-refractivity contribution in [2.75, 3.05) is 10.6 Å². The van der Waals surface area contributed by atoms with Crippen LogP contribution in [0.4, 0.5) is 11.4 Å². The van der Waals surface area contributed by atoms with Crippen LogP contribution in [0.15, 0.2) is 66.7 Å². The van der Waals surface area contributed by atoms with E-state index in [0.29, 0.717) is 33.1 Å². The summed E-state index contributed by atoms with van der Waals surface area (Å²) in [6, 6.07) is 20.3. The van der Waals surface area contributed by atoms with Gasteiger partial charge in [-0.3, -0.25) is 9.59 Å². The number of hydrogen-bond acceptors (Lipinski definition) is 3. The lowest BCUT2D eigenvalue weighted by atomic mass is 10.1. The first-order chi connectivity index (χ1) is 13.5. The summed E-state index contributed by atoms with van der Waals surface area (Å²) in [4.78, 5) is 25.0. The first kappa shape index (κ1) is 19.2. The number of nitrogens with zero attached hydrogens (tertiary/aromatic N) is 1. The lowest BCUT2D eigenvalue weighted by molar-refractivity contribution is 0.102. The Hall–Kier alpha value is -3.62. The maximum Gasteiger partial charge on any atom is 0.255 e. The van der Waals surface area contributed by atoms with Crippen molar-refractivity contribution in [3.63, 3.8) is 0 Å². The molecule has 3 aromatic carbocycles. The van der Waals surface area contributed by atoms with Gasteiger partial charge in [-0.25, -0.2) is 0 Å². The lowest BCUT2D eigenvalue weighted by Crippen LogP contribution is -2.15. The molecule has 0 aliphatic rings. The Morgan fingerprint density at radius 2 is 1.46 bits per heavy atom. The predicted octanol–water partition coefficient (Wildman–Crippen LogP) is 5.02. The van der Waals surface area contributed by atoms with Crippen molar-refractivity contribution in [2.24, 2.45) is 0 Å². The highest BCUT2D eigenvalue weighted by molar-refractivity contribution is 6.31. The van der Waals surface area contributed by atoms with E-state index in [9.17, 15) is 9.59 Å². The number of benzene rings is 3. The summed E-state index contributed by atoms with van der Waals surface area (Å²) in [5, 5.41) is 15.0. The fourth-order valence-corrected chi connectivity index (χ4v) is 2.73. The van der Waals surface area contributed by atoms with Gasteiger partial charge in [-0.2, -0.15) is 5.26 Å². The Bertz CT molecular complexity index is 1100. The van der Waals surface area contributed by atoms with Crippen LogP contribution in [0.3, 0.4) is 0 Å². The van der Waals surface area contributed by atoms with Crippen molar-refractivity contribution in [3.8, 4) is 6.07 Å². The minimum Gasteiger partial charge on any atom is -0.322 e. The number of hydrogen-bond donors (Lipinski definition) is 2. The zero-order valence-electron chi connectivity index (χ0n) is 15.0. The van der Waals surface area contributed by atoms with Gasteiger partial charge in [-0.15, -0.1) is 0 Å². The summed E-state index contributed by atoms with van der Waals surface area (Å²) in [6.07, 6.45) is 0. The molecule has 0 spiro atoms. The highest BCUT2D eigenvalue weighted by Gasteiger charge is 2.12. The van der Waals surface area contributed by atoms with Crippen LogP contribution in [0.5, 0.6) is 0 Å². The quantitative estimate of drug-likeness (QED) is 0.656. The molecule has 138 valence electrons. The molecule has 0 unspecified atom stereocenters. The summed E-state index contributed by atoms with van der Waals surface area (Å²) >= 11 is 6.08. The zero-order chi connectivity index (χ0) is 20.1. The van der Waals surface area contributed by atoms with Crippen LogP contribution in [0, 0.1) is 18.3 Å². The SMILES string of the molecule is Cc1ccc(NC(=O)c2cccc(C(=O)Nc3cccc(C#N)c3)c2)cc1Cl. The van der Waals surface area contributed by atoms with Crippen LogP contribution in [0.2, 0.25) is 5.02 Å². The molecule has 0 saturated heterocycles. The number of anilines is 2. The third-order valence-corrected chi connectivity index (χ3v) is 4.47. The van der Waals surface area contributed by atoms with Gasteiger partial charge in [0.05, 0.1) is 11.6 Å².